The smallest absolute Gasteiger partial charge is 0.254 e. The number of ether oxygens (including phenoxy) is 1. The van der Waals surface area contributed by atoms with Crippen molar-refractivity contribution in [3.63, 3.8) is 0 Å². The lowest BCUT2D eigenvalue weighted by Gasteiger charge is -2.21. The van der Waals surface area contributed by atoms with Gasteiger partial charge in [-0.05, 0) is 19.3 Å². The first-order valence-corrected chi connectivity index (χ1v) is 5.72. The number of H-pyrrole nitrogens is 1. The van der Waals surface area contributed by atoms with Crippen LogP contribution in [0, 0.1) is 0 Å². The molecule has 1 aromatic heterocycles. The van der Waals surface area contributed by atoms with Crippen LogP contribution in [-0.2, 0) is 0 Å². The lowest BCUT2D eigenvalue weighted by molar-refractivity contribution is 0.155. The Bertz CT molecular complexity index is 391. The van der Waals surface area contributed by atoms with Gasteiger partial charge in [0.1, 0.15) is 6.10 Å². The molecule has 0 spiro atoms. The summed E-state index contributed by atoms with van der Waals surface area (Å²) in [6.45, 7) is 0. The highest BCUT2D eigenvalue weighted by Crippen LogP contribution is 2.20. The van der Waals surface area contributed by atoms with Crippen LogP contribution in [-0.4, -0.2) is 22.1 Å². The fourth-order valence-electron chi connectivity index (χ4n) is 2.02. The summed E-state index contributed by atoms with van der Waals surface area (Å²) in [5.74, 6) is 0.367. The molecule has 3 N–H and O–H groups in total. The summed E-state index contributed by atoms with van der Waals surface area (Å²) in [5.41, 5.74) is 5.82. The van der Waals surface area contributed by atoms with Gasteiger partial charge in [-0.15, -0.1) is 0 Å². The van der Waals surface area contributed by atoms with Gasteiger partial charge in [0.25, 0.3) is 5.56 Å². The van der Waals surface area contributed by atoms with Crippen LogP contribution in [0.2, 0.25) is 0 Å². The molecule has 1 aliphatic carbocycles. The maximum Gasteiger partial charge on any atom is 0.254 e. The first-order valence-electron chi connectivity index (χ1n) is 5.72. The van der Waals surface area contributed by atoms with E-state index in [9.17, 15) is 4.79 Å². The van der Waals surface area contributed by atoms with Crippen LogP contribution < -0.4 is 16.0 Å². The van der Waals surface area contributed by atoms with Crippen LogP contribution in [0.5, 0.6) is 5.88 Å². The molecule has 2 rings (SSSR count). The van der Waals surface area contributed by atoms with Gasteiger partial charge in [-0.3, -0.25) is 4.79 Å². The van der Waals surface area contributed by atoms with Gasteiger partial charge in [-0.25, -0.2) is 4.98 Å². The zero-order valence-electron chi connectivity index (χ0n) is 9.19. The molecule has 0 radical (unpaired) electrons. The van der Waals surface area contributed by atoms with E-state index in [4.69, 9.17) is 10.5 Å². The number of hydrogen-bond donors (Lipinski definition) is 2. The standard InChI is InChI=1S/C11H17N3O2/c12-8-4-2-1-3-5-9(8)16-11-6-10(15)13-7-14-11/h6-9H,1-5,12H2,(H,13,14,15). The molecule has 2 unspecified atom stereocenters. The van der Waals surface area contributed by atoms with Crippen molar-refractivity contribution in [3.05, 3.63) is 22.7 Å². The number of hydrogen-bond acceptors (Lipinski definition) is 4. The highest BCUT2D eigenvalue weighted by Gasteiger charge is 2.22. The minimum absolute atomic E-state index is 0.0169. The summed E-state index contributed by atoms with van der Waals surface area (Å²) >= 11 is 0. The molecule has 0 amide bonds. The van der Waals surface area contributed by atoms with Crippen molar-refractivity contribution in [1.82, 2.24) is 9.97 Å². The van der Waals surface area contributed by atoms with E-state index in [1.54, 1.807) is 0 Å². The summed E-state index contributed by atoms with van der Waals surface area (Å²) in [7, 11) is 0. The molecule has 2 atom stereocenters. The molecule has 16 heavy (non-hydrogen) atoms. The average molecular weight is 223 g/mol. The third kappa shape index (κ3) is 2.82. The second-order valence-corrected chi connectivity index (χ2v) is 4.21. The molecule has 5 nitrogen and oxygen atoms in total. The van der Waals surface area contributed by atoms with Crippen LogP contribution in [0.25, 0.3) is 0 Å². The van der Waals surface area contributed by atoms with E-state index >= 15 is 0 Å². The minimum Gasteiger partial charge on any atom is -0.473 e. The Morgan fingerprint density at radius 1 is 1.38 bits per heavy atom. The number of nitrogens with zero attached hydrogens (tertiary/aromatic N) is 1. The molecule has 0 bridgehead atoms. The number of rotatable bonds is 2. The van der Waals surface area contributed by atoms with Gasteiger partial charge in [-0.2, -0.15) is 0 Å². The Hall–Kier alpha value is -1.36. The summed E-state index contributed by atoms with van der Waals surface area (Å²) in [6, 6.07) is 1.40. The Morgan fingerprint density at radius 2 is 2.19 bits per heavy atom. The van der Waals surface area contributed by atoms with Gasteiger partial charge < -0.3 is 15.5 Å². The number of nitrogens with two attached hydrogens (primary N) is 1. The van der Waals surface area contributed by atoms with Crippen LogP contribution >= 0.6 is 0 Å². The Labute approximate surface area is 94.0 Å². The third-order valence-electron chi connectivity index (χ3n) is 2.93. The average Bonchev–Trinajstić information content (AvgIpc) is 2.45. The lowest BCUT2D eigenvalue weighted by atomic mass is 10.1. The van der Waals surface area contributed by atoms with Crippen LogP contribution in [0.4, 0.5) is 0 Å². The molecule has 0 saturated heterocycles. The second-order valence-electron chi connectivity index (χ2n) is 4.21. The van der Waals surface area contributed by atoms with E-state index < -0.39 is 0 Å². The molecule has 0 aliphatic heterocycles. The van der Waals surface area contributed by atoms with Gasteiger partial charge in [0.2, 0.25) is 5.88 Å². The van der Waals surface area contributed by atoms with Crippen molar-refractivity contribution in [1.29, 1.82) is 0 Å². The molecule has 1 heterocycles. The van der Waals surface area contributed by atoms with Crippen molar-refractivity contribution >= 4 is 0 Å². The fraction of sp³-hybridized carbons (Fsp3) is 0.636. The largest absolute Gasteiger partial charge is 0.473 e. The van der Waals surface area contributed by atoms with Gasteiger partial charge in [0.15, 0.2) is 0 Å². The first-order chi connectivity index (χ1) is 7.75. The monoisotopic (exact) mass is 223 g/mol. The molecule has 5 heteroatoms. The minimum atomic E-state index is -0.202. The van der Waals surface area contributed by atoms with Gasteiger partial charge >= 0.3 is 0 Å². The van der Waals surface area contributed by atoms with Gasteiger partial charge in [0, 0.05) is 6.04 Å². The predicted octanol–water partition coefficient (Wildman–Crippen LogP) is 0.809. The van der Waals surface area contributed by atoms with E-state index in [1.807, 2.05) is 0 Å². The van der Waals surface area contributed by atoms with Gasteiger partial charge in [0.05, 0.1) is 12.4 Å². The third-order valence-corrected chi connectivity index (χ3v) is 2.93. The van der Waals surface area contributed by atoms with Crippen LogP contribution in [0.1, 0.15) is 32.1 Å². The van der Waals surface area contributed by atoms with Crippen LogP contribution in [0.3, 0.4) is 0 Å². The topological polar surface area (TPSA) is 81.0 Å². The van der Waals surface area contributed by atoms with Crippen molar-refractivity contribution in [2.75, 3.05) is 0 Å². The highest BCUT2D eigenvalue weighted by molar-refractivity contribution is 5.06. The van der Waals surface area contributed by atoms with Gasteiger partial charge in [-0.1, -0.05) is 12.8 Å². The lowest BCUT2D eigenvalue weighted by Crippen LogP contribution is -2.38. The molecule has 1 fully saturated rings. The molecule has 0 aromatic carbocycles. The normalized spacial score (nSPS) is 26.1. The first kappa shape index (κ1) is 11.1. The van der Waals surface area contributed by atoms with E-state index in [0.717, 1.165) is 25.7 Å². The molecule has 1 aromatic rings. The summed E-state index contributed by atoms with van der Waals surface area (Å²) < 4.78 is 5.67. The van der Waals surface area contributed by atoms with Crippen molar-refractivity contribution in [3.8, 4) is 5.88 Å². The summed E-state index contributed by atoms with van der Waals surface area (Å²) in [4.78, 5) is 17.5. The molecule has 1 saturated carbocycles. The molecular formula is C11H17N3O2. The Kier molecular flexibility index (Phi) is 3.56. The number of nitrogens with one attached hydrogen (secondary N) is 1. The van der Waals surface area contributed by atoms with E-state index in [-0.39, 0.29) is 17.7 Å². The second kappa shape index (κ2) is 5.12. The summed E-state index contributed by atoms with van der Waals surface area (Å²) in [5, 5.41) is 0. The van der Waals surface area contributed by atoms with Crippen molar-refractivity contribution < 1.29 is 4.74 Å². The Morgan fingerprint density at radius 3 is 3.00 bits per heavy atom. The predicted molar refractivity (Wildman–Crippen MR) is 60.3 cm³/mol. The SMILES string of the molecule is NC1CCCCCC1Oc1cc(=O)[nH]cn1. The zero-order valence-corrected chi connectivity index (χ0v) is 9.19. The molecule has 1 aliphatic rings. The quantitative estimate of drug-likeness (QED) is 0.727. The van der Waals surface area contributed by atoms with E-state index in [0.29, 0.717) is 5.88 Å². The maximum atomic E-state index is 11.1. The van der Waals surface area contributed by atoms with Crippen LogP contribution in [0.15, 0.2) is 17.2 Å². The Balaban J connectivity index is 2.04. The van der Waals surface area contributed by atoms with E-state index in [1.165, 1.54) is 18.8 Å². The maximum absolute atomic E-state index is 11.1. The number of aromatic nitrogens is 2. The van der Waals surface area contributed by atoms with E-state index in [2.05, 4.69) is 9.97 Å². The highest BCUT2D eigenvalue weighted by atomic mass is 16.5. The van der Waals surface area contributed by atoms with Crippen molar-refractivity contribution in [2.24, 2.45) is 5.73 Å². The fourth-order valence-corrected chi connectivity index (χ4v) is 2.02. The molecule has 88 valence electrons. The number of aromatic amines is 1. The van der Waals surface area contributed by atoms with Crippen molar-refractivity contribution in [2.45, 2.75) is 44.2 Å². The molecular weight excluding hydrogens is 206 g/mol. The summed E-state index contributed by atoms with van der Waals surface area (Å²) in [6.07, 6.45) is 6.74. The zero-order chi connectivity index (χ0) is 11.4.